The molecule has 1 atom stereocenters. The van der Waals surface area contributed by atoms with Crippen LogP contribution in [-0.4, -0.2) is 32.0 Å². The fourth-order valence-electron chi connectivity index (χ4n) is 2.67. The Bertz CT molecular complexity index is 938. The van der Waals surface area contributed by atoms with E-state index in [1.165, 1.54) is 26.2 Å². The molecule has 0 bridgehead atoms. The van der Waals surface area contributed by atoms with Crippen LogP contribution < -0.4 is 14.2 Å². The molecule has 1 aliphatic rings. The number of alkyl halides is 3. The van der Waals surface area contributed by atoms with E-state index in [2.05, 4.69) is 0 Å². The van der Waals surface area contributed by atoms with Gasteiger partial charge in [-0.3, -0.25) is 0 Å². The van der Waals surface area contributed by atoms with E-state index in [1.54, 1.807) is 24.3 Å². The van der Waals surface area contributed by atoms with Crippen molar-refractivity contribution in [2.24, 2.45) is 0 Å². The topological polar surface area (TPSA) is 54.0 Å². The summed E-state index contributed by atoms with van der Waals surface area (Å²) in [6.07, 6.45) is -6.20. The van der Waals surface area contributed by atoms with Crippen LogP contribution in [0.1, 0.15) is 12.5 Å². The number of rotatable bonds is 5. The third kappa shape index (κ3) is 4.59. The first-order valence-corrected chi connectivity index (χ1v) is 8.88. The van der Waals surface area contributed by atoms with Gasteiger partial charge in [0.25, 0.3) is 0 Å². The van der Waals surface area contributed by atoms with Crippen LogP contribution in [0.15, 0.2) is 42.0 Å². The van der Waals surface area contributed by atoms with Gasteiger partial charge in [-0.15, -0.1) is 0 Å². The van der Waals surface area contributed by atoms with Gasteiger partial charge in [-0.05, 0) is 43.3 Å². The summed E-state index contributed by atoms with van der Waals surface area (Å²) < 4.78 is 60.8. The Morgan fingerprint density at radius 3 is 2.41 bits per heavy atom. The van der Waals surface area contributed by atoms with Crippen molar-refractivity contribution >= 4 is 23.6 Å². The largest absolute Gasteiger partial charge is 0.497 e. The van der Waals surface area contributed by atoms with Crippen molar-refractivity contribution in [3.8, 4) is 23.0 Å². The SMILES string of the molecule is CCOC(=O)C1=Cc2cc(Cl)c(Oc3ccc(OC)cc3)cc2OC1C(F)(F)F. The van der Waals surface area contributed by atoms with Crippen molar-refractivity contribution in [1.82, 2.24) is 0 Å². The number of hydrogen-bond acceptors (Lipinski definition) is 5. The molecule has 9 heteroatoms. The van der Waals surface area contributed by atoms with E-state index in [9.17, 15) is 18.0 Å². The van der Waals surface area contributed by atoms with Crippen LogP contribution in [-0.2, 0) is 9.53 Å². The minimum Gasteiger partial charge on any atom is -0.497 e. The summed E-state index contributed by atoms with van der Waals surface area (Å²) in [4.78, 5) is 12.0. The van der Waals surface area contributed by atoms with Crippen LogP contribution in [0, 0.1) is 0 Å². The van der Waals surface area contributed by atoms with E-state index in [-0.39, 0.29) is 28.7 Å². The van der Waals surface area contributed by atoms with Crippen molar-refractivity contribution in [3.63, 3.8) is 0 Å². The number of halogens is 4. The molecule has 29 heavy (non-hydrogen) atoms. The smallest absolute Gasteiger partial charge is 0.430 e. The predicted molar refractivity (Wildman–Crippen MR) is 99.6 cm³/mol. The highest BCUT2D eigenvalue weighted by Crippen LogP contribution is 2.42. The van der Waals surface area contributed by atoms with E-state index < -0.39 is 23.8 Å². The van der Waals surface area contributed by atoms with Crippen molar-refractivity contribution in [3.05, 3.63) is 52.6 Å². The summed E-state index contributed by atoms with van der Waals surface area (Å²) in [6, 6.07) is 9.17. The highest BCUT2D eigenvalue weighted by molar-refractivity contribution is 6.32. The lowest BCUT2D eigenvalue weighted by atomic mass is 10.0. The maximum Gasteiger partial charge on any atom is 0.430 e. The Morgan fingerprint density at radius 1 is 1.17 bits per heavy atom. The van der Waals surface area contributed by atoms with Gasteiger partial charge in [-0.2, -0.15) is 13.2 Å². The zero-order chi connectivity index (χ0) is 21.2. The third-order valence-electron chi connectivity index (χ3n) is 4.00. The molecule has 0 saturated carbocycles. The molecule has 0 saturated heterocycles. The summed E-state index contributed by atoms with van der Waals surface area (Å²) >= 11 is 6.21. The van der Waals surface area contributed by atoms with Gasteiger partial charge in [0.1, 0.15) is 23.0 Å². The molecule has 1 heterocycles. The zero-order valence-corrected chi connectivity index (χ0v) is 16.1. The first-order valence-electron chi connectivity index (χ1n) is 8.50. The van der Waals surface area contributed by atoms with Crippen molar-refractivity contribution in [2.75, 3.05) is 13.7 Å². The maximum atomic E-state index is 13.4. The minimum atomic E-state index is -4.81. The highest BCUT2D eigenvalue weighted by atomic mass is 35.5. The van der Waals surface area contributed by atoms with Gasteiger partial charge in [-0.25, -0.2) is 4.79 Å². The van der Waals surface area contributed by atoms with E-state index >= 15 is 0 Å². The second-order valence-electron chi connectivity index (χ2n) is 5.96. The van der Waals surface area contributed by atoms with Crippen molar-refractivity contribution in [2.45, 2.75) is 19.2 Å². The van der Waals surface area contributed by atoms with Crippen LogP contribution in [0.2, 0.25) is 5.02 Å². The number of hydrogen-bond donors (Lipinski definition) is 0. The van der Waals surface area contributed by atoms with Gasteiger partial charge in [0.05, 0.1) is 24.3 Å². The van der Waals surface area contributed by atoms with Gasteiger partial charge in [-0.1, -0.05) is 11.6 Å². The summed E-state index contributed by atoms with van der Waals surface area (Å²) in [5.41, 5.74) is -0.438. The molecule has 0 N–H and O–H groups in total. The fraction of sp³-hybridized carbons (Fsp3) is 0.250. The van der Waals surface area contributed by atoms with E-state index in [1.807, 2.05) is 0 Å². The van der Waals surface area contributed by atoms with Gasteiger partial charge in [0.2, 0.25) is 6.10 Å². The van der Waals surface area contributed by atoms with E-state index in [0.29, 0.717) is 11.5 Å². The van der Waals surface area contributed by atoms with Crippen LogP contribution in [0.25, 0.3) is 6.08 Å². The lowest BCUT2D eigenvalue weighted by Crippen LogP contribution is -2.40. The normalized spacial score (nSPS) is 15.7. The average molecular weight is 429 g/mol. The Balaban J connectivity index is 1.96. The number of carbonyl (C=O) groups is 1. The summed E-state index contributed by atoms with van der Waals surface area (Å²) in [5, 5.41) is 0.132. The maximum absolute atomic E-state index is 13.4. The highest BCUT2D eigenvalue weighted by Gasteiger charge is 2.49. The second kappa shape index (κ2) is 8.24. The lowest BCUT2D eigenvalue weighted by Gasteiger charge is -2.28. The van der Waals surface area contributed by atoms with Crippen LogP contribution >= 0.6 is 11.6 Å². The average Bonchev–Trinajstić information content (AvgIpc) is 2.67. The third-order valence-corrected chi connectivity index (χ3v) is 4.29. The second-order valence-corrected chi connectivity index (χ2v) is 6.36. The first kappa shape index (κ1) is 20.9. The molecule has 0 radical (unpaired) electrons. The number of ether oxygens (including phenoxy) is 4. The number of carbonyl (C=O) groups excluding carboxylic acids is 1. The molecule has 1 aliphatic heterocycles. The van der Waals surface area contributed by atoms with Gasteiger partial charge < -0.3 is 18.9 Å². The van der Waals surface area contributed by atoms with Crippen LogP contribution in [0.4, 0.5) is 13.2 Å². The van der Waals surface area contributed by atoms with Crippen molar-refractivity contribution < 1.29 is 36.9 Å². The molecular weight excluding hydrogens is 413 g/mol. The molecule has 3 rings (SSSR count). The number of fused-ring (bicyclic) bond motifs is 1. The molecule has 0 aromatic heterocycles. The fourth-order valence-corrected chi connectivity index (χ4v) is 2.88. The lowest BCUT2D eigenvalue weighted by molar-refractivity contribution is -0.187. The Morgan fingerprint density at radius 2 is 1.83 bits per heavy atom. The molecule has 0 amide bonds. The molecule has 2 aromatic rings. The Labute approximate surface area is 169 Å². The van der Waals surface area contributed by atoms with Gasteiger partial charge in [0, 0.05) is 11.6 Å². The van der Waals surface area contributed by atoms with Gasteiger partial charge in [0.15, 0.2) is 0 Å². The molecule has 5 nitrogen and oxygen atoms in total. The molecule has 0 aliphatic carbocycles. The molecule has 2 aromatic carbocycles. The summed E-state index contributed by atoms with van der Waals surface area (Å²) in [6.45, 7) is 1.43. The van der Waals surface area contributed by atoms with E-state index in [0.717, 1.165) is 6.08 Å². The molecule has 154 valence electrons. The number of methoxy groups -OCH3 is 1. The molecule has 0 fully saturated rings. The summed E-state index contributed by atoms with van der Waals surface area (Å²) in [7, 11) is 1.52. The zero-order valence-electron chi connectivity index (χ0n) is 15.4. The molecule has 0 spiro atoms. The molecular formula is C20H16ClF3O5. The Kier molecular flexibility index (Phi) is 5.93. The standard InChI is InChI=1S/C20H16ClF3O5/c1-3-27-19(25)14-8-11-9-15(21)17(10-16(11)29-18(14)20(22,23)24)28-13-6-4-12(26-2)5-7-13/h4-10,18H,3H2,1-2H3. The number of esters is 1. The van der Waals surface area contributed by atoms with Gasteiger partial charge >= 0.3 is 12.1 Å². The minimum absolute atomic E-state index is 0.0665. The molecule has 1 unspecified atom stereocenters. The predicted octanol–water partition coefficient (Wildman–Crippen LogP) is 5.41. The van der Waals surface area contributed by atoms with E-state index in [4.69, 9.17) is 30.5 Å². The monoisotopic (exact) mass is 428 g/mol. The Hall–Kier alpha value is -2.87. The van der Waals surface area contributed by atoms with Crippen LogP contribution in [0.3, 0.4) is 0 Å². The number of benzene rings is 2. The van der Waals surface area contributed by atoms with Crippen molar-refractivity contribution in [1.29, 1.82) is 0 Å². The quantitative estimate of drug-likeness (QED) is 0.596. The van der Waals surface area contributed by atoms with Crippen LogP contribution in [0.5, 0.6) is 23.0 Å². The first-order chi connectivity index (χ1) is 13.7. The summed E-state index contributed by atoms with van der Waals surface area (Å²) in [5.74, 6) is -0.103.